The molecular weight excluding hydrogens is 1130 g/mol. The summed E-state index contributed by atoms with van der Waals surface area (Å²) in [5.74, 6) is -0.932. The molecule has 2 fully saturated rings. The summed E-state index contributed by atoms with van der Waals surface area (Å²) in [4.78, 5) is 84.4. The number of carbonyl (C=O) groups is 6. The number of nitrogens with zero attached hydrogens (tertiary/aromatic N) is 2. The van der Waals surface area contributed by atoms with Crippen LogP contribution in [0.2, 0.25) is 36.3 Å². The number of alkyl carbamates (subject to hydrolysis) is 1. The lowest BCUT2D eigenvalue weighted by Gasteiger charge is -2.38. The van der Waals surface area contributed by atoms with E-state index in [1.165, 1.54) is 39.4 Å². The number of nitrogens with one attached hydrogen (secondary N) is 4. The number of hydrogen-bond acceptors (Lipinski definition) is 15. The highest BCUT2D eigenvalue weighted by atomic mass is 28.4. The smallest absolute Gasteiger partial charge is 0.411 e. The zero-order chi connectivity index (χ0) is 64.1. The van der Waals surface area contributed by atoms with Crippen molar-refractivity contribution in [2.45, 2.75) is 149 Å². The minimum atomic E-state index is -2.20. The molecule has 0 unspecified atom stereocenters. The van der Waals surface area contributed by atoms with Crippen molar-refractivity contribution in [3.8, 4) is 23.0 Å². The average molecular weight is 1230 g/mol. The number of nitrogens with two attached hydrogens (primary N) is 1. The molecule has 6 amide bonds. The summed E-state index contributed by atoms with van der Waals surface area (Å²) in [6.07, 6.45) is 1.26. The molecule has 0 aromatic heterocycles. The molecule has 0 aliphatic carbocycles. The lowest BCUT2D eigenvalue weighted by Crippen LogP contribution is -2.53. The molecule has 86 heavy (non-hydrogen) atoms. The monoisotopic (exact) mass is 1230 g/mol. The highest BCUT2D eigenvalue weighted by Crippen LogP contribution is 2.41. The number of likely N-dealkylation sites (tertiary alicyclic amines) is 2. The van der Waals surface area contributed by atoms with Crippen LogP contribution in [0, 0.1) is 5.92 Å². The predicted molar refractivity (Wildman–Crippen MR) is 339 cm³/mol. The summed E-state index contributed by atoms with van der Waals surface area (Å²) in [6, 6.07) is 10.3. The molecule has 2 aliphatic rings. The van der Waals surface area contributed by atoms with E-state index in [4.69, 9.17) is 43.0 Å². The standard InChI is InChI=1S/C63H93N7O14Si2/c1-19-25-81-61(76)68-55(39(2)3)57(72)65-42(6)56(71)66-44-23-21-43(22-24-44)36-82-60(75)67-50-33-54(52(78-14)31-48(50)59(74)70-35-41(5)29-46(70)38-84-86(17,18)63(10,11)12)80-27-20-26-79-53-32-49(64)47(30-51(53)77-13)58(73)69-34-40(4)28-45(69)37-83-85(15,16)62(7,8)9/h19,21-24,30-33,39,42,45-46,55H,1,4-5,20,25-29,34-38,64H2,2-3,6-18H3,(H,65,72)(H,66,71)(H,67,75)(H,68,76)/t42-,45-,46-,55-/m0/s1. The number of amides is 6. The van der Waals surface area contributed by atoms with Gasteiger partial charge in [-0.1, -0.05) is 104 Å². The van der Waals surface area contributed by atoms with Crippen molar-refractivity contribution in [1.29, 1.82) is 0 Å². The van der Waals surface area contributed by atoms with Crippen molar-refractivity contribution >= 4 is 69.5 Å². The van der Waals surface area contributed by atoms with E-state index in [0.717, 1.165) is 11.1 Å². The van der Waals surface area contributed by atoms with E-state index in [9.17, 15) is 28.8 Å². The molecule has 0 saturated carbocycles. The lowest BCUT2D eigenvalue weighted by atomic mass is 10.0. The van der Waals surface area contributed by atoms with Gasteiger partial charge in [-0.15, -0.1) is 0 Å². The van der Waals surface area contributed by atoms with Crippen LogP contribution in [0.3, 0.4) is 0 Å². The summed E-state index contributed by atoms with van der Waals surface area (Å²) in [5, 5.41) is 10.6. The van der Waals surface area contributed by atoms with Gasteiger partial charge in [0.05, 0.1) is 69.5 Å². The largest absolute Gasteiger partial charge is 0.493 e. The van der Waals surface area contributed by atoms with Gasteiger partial charge in [0.2, 0.25) is 11.8 Å². The van der Waals surface area contributed by atoms with Crippen LogP contribution in [0.1, 0.15) is 108 Å². The van der Waals surface area contributed by atoms with Crippen LogP contribution >= 0.6 is 0 Å². The molecule has 3 aromatic rings. The first-order chi connectivity index (χ1) is 40.2. The summed E-state index contributed by atoms with van der Waals surface area (Å²) in [7, 11) is -1.35. The van der Waals surface area contributed by atoms with Crippen molar-refractivity contribution in [3.05, 3.63) is 102 Å². The first-order valence-corrected chi connectivity index (χ1v) is 34.9. The first-order valence-electron chi connectivity index (χ1n) is 29.1. The van der Waals surface area contributed by atoms with Crippen molar-refractivity contribution < 1.29 is 66.0 Å². The maximum absolute atomic E-state index is 14.8. The number of benzene rings is 3. The molecule has 0 bridgehead atoms. The second-order valence-corrected chi connectivity index (χ2v) is 34.9. The predicted octanol–water partition coefficient (Wildman–Crippen LogP) is 10.8. The SMILES string of the molecule is C=CCOC(=O)N[C@H](C(=O)N[C@@H](C)C(=O)Nc1ccc(COC(=O)Nc2cc(OCCCOc3cc(N)c(C(=O)N4CC(=C)C[C@H]4CO[Si](C)(C)C(C)(C)C)cc3OC)c(OC)cc2C(=O)N2CC(=C)C[C@H]2CO[Si](C)(C)C(C)(C)C)cc1)C(C)C. The van der Waals surface area contributed by atoms with Crippen molar-refractivity contribution in [3.63, 3.8) is 0 Å². The van der Waals surface area contributed by atoms with E-state index >= 15 is 0 Å². The molecule has 2 aliphatic heterocycles. The van der Waals surface area contributed by atoms with Crippen LogP contribution in [0.15, 0.2) is 85.5 Å². The van der Waals surface area contributed by atoms with Crippen molar-refractivity contribution in [2.24, 2.45) is 5.92 Å². The van der Waals surface area contributed by atoms with Crippen molar-refractivity contribution in [2.75, 3.05) is 76.7 Å². The van der Waals surface area contributed by atoms with Gasteiger partial charge in [0, 0.05) is 43.0 Å². The third-order valence-electron chi connectivity index (χ3n) is 16.2. The van der Waals surface area contributed by atoms with Gasteiger partial charge in [-0.3, -0.25) is 24.5 Å². The zero-order valence-corrected chi connectivity index (χ0v) is 55.2. The van der Waals surface area contributed by atoms with Crippen LogP contribution in [-0.2, 0) is 34.5 Å². The molecule has 4 atom stereocenters. The number of anilines is 3. The van der Waals surface area contributed by atoms with Gasteiger partial charge in [-0.05, 0) is 91.8 Å². The Hall–Kier alpha value is -7.35. The fourth-order valence-corrected chi connectivity index (χ4v) is 11.0. The number of carbonyl (C=O) groups excluding carboxylic acids is 6. The number of nitrogen functional groups attached to an aromatic ring is 1. The van der Waals surface area contributed by atoms with E-state index in [1.807, 2.05) is 0 Å². The molecule has 3 aromatic carbocycles. The first kappa shape index (κ1) is 69.4. The van der Waals surface area contributed by atoms with E-state index < -0.39 is 58.6 Å². The minimum absolute atomic E-state index is 0.00941. The molecule has 472 valence electrons. The Morgan fingerprint density at radius 2 is 1.17 bits per heavy atom. The quantitative estimate of drug-likeness (QED) is 0.0206. The van der Waals surface area contributed by atoms with Gasteiger partial charge in [-0.2, -0.15) is 0 Å². The van der Waals surface area contributed by atoms with Crippen LogP contribution in [0.4, 0.5) is 26.7 Å². The van der Waals surface area contributed by atoms with Crippen LogP contribution < -0.4 is 45.9 Å². The van der Waals surface area contributed by atoms with Gasteiger partial charge in [-0.25, -0.2) is 9.59 Å². The van der Waals surface area contributed by atoms with Crippen LogP contribution in [-0.4, -0.2) is 147 Å². The van der Waals surface area contributed by atoms with E-state index in [0.29, 0.717) is 61.8 Å². The summed E-state index contributed by atoms with van der Waals surface area (Å²) >= 11 is 0. The molecule has 2 saturated heterocycles. The third kappa shape index (κ3) is 18.6. The van der Waals surface area contributed by atoms with E-state index in [2.05, 4.69) is 109 Å². The van der Waals surface area contributed by atoms with Gasteiger partial charge in [0.15, 0.2) is 39.6 Å². The molecule has 2 heterocycles. The zero-order valence-electron chi connectivity index (χ0n) is 53.2. The molecule has 21 nitrogen and oxygen atoms in total. The third-order valence-corrected chi connectivity index (χ3v) is 25.2. The molecule has 5 rings (SSSR count). The molecule has 23 heteroatoms. The van der Waals surface area contributed by atoms with Crippen LogP contribution in [0.25, 0.3) is 0 Å². The Morgan fingerprint density at radius 3 is 1.66 bits per heavy atom. The number of rotatable bonds is 27. The normalized spacial score (nSPS) is 16.2. The van der Waals surface area contributed by atoms with E-state index in [1.54, 1.807) is 60.0 Å². The fraction of sp³-hybridized carbons (Fsp3) is 0.524. The average Bonchev–Trinajstić information content (AvgIpc) is 1.79. The maximum Gasteiger partial charge on any atom is 0.411 e. The minimum Gasteiger partial charge on any atom is -0.493 e. The summed E-state index contributed by atoms with van der Waals surface area (Å²) in [6.45, 7) is 40.0. The Bertz CT molecular complexity index is 2950. The summed E-state index contributed by atoms with van der Waals surface area (Å²) < 4.78 is 47.7. The van der Waals surface area contributed by atoms with Crippen LogP contribution in [0.5, 0.6) is 23.0 Å². The number of ether oxygens (including phenoxy) is 6. The second-order valence-electron chi connectivity index (χ2n) is 25.3. The topological polar surface area (TPSA) is 257 Å². The molecule has 0 radical (unpaired) electrons. The highest BCUT2D eigenvalue weighted by molar-refractivity contribution is 6.74. The number of methoxy groups -OCH3 is 2. The van der Waals surface area contributed by atoms with Crippen molar-refractivity contribution in [1.82, 2.24) is 20.4 Å². The second kappa shape index (κ2) is 29.8. The molecular formula is C63H93N7O14Si2. The Morgan fingerprint density at radius 1 is 0.674 bits per heavy atom. The van der Waals surface area contributed by atoms with Gasteiger partial charge in [0.1, 0.15) is 25.3 Å². The maximum atomic E-state index is 14.8. The number of hydrogen-bond donors (Lipinski definition) is 5. The summed E-state index contributed by atoms with van der Waals surface area (Å²) in [5.41, 5.74) is 10.0. The lowest BCUT2D eigenvalue weighted by molar-refractivity contribution is -0.128. The van der Waals surface area contributed by atoms with Gasteiger partial charge >= 0.3 is 12.2 Å². The van der Waals surface area contributed by atoms with Gasteiger partial charge < -0.3 is 68.8 Å². The Balaban J connectivity index is 1.28. The van der Waals surface area contributed by atoms with E-state index in [-0.39, 0.29) is 101 Å². The van der Waals surface area contributed by atoms with Gasteiger partial charge in [0.25, 0.3) is 11.8 Å². The Kier molecular flexibility index (Phi) is 24.1. The fourth-order valence-electron chi connectivity index (χ4n) is 8.89. The molecule has 0 spiro atoms. The molecule has 6 N–H and O–H groups in total. The Labute approximate surface area is 510 Å². The highest BCUT2D eigenvalue weighted by Gasteiger charge is 2.42.